The maximum Gasteiger partial charge on any atom is 0.140 e. The minimum Gasteiger partial charge on any atom is -0.347 e. The molecule has 1 rings (SSSR count). The van der Waals surface area contributed by atoms with Crippen molar-refractivity contribution < 1.29 is 0 Å². The highest BCUT2D eigenvalue weighted by Gasteiger charge is 1.95. The van der Waals surface area contributed by atoms with Gasteiger partial charge in [0, 0.05) is 11.8 Å². The van der Waals surface area contributed by atoms with Gasteiger partial charge in [0.25, 0.3) is 0 Å². The van der Waals surface area contributed by atoms with E-state index in [-0.39, 0.29) is 0 Å². The predicted molar refractivity (Wildman–Crippen MR) is 45.9 cm³/mol. The van der Waals surface area contributed by atoms with Crippen LogP contribution in [0.5, 0.6) is 0 Å². The standard InChI is InChI=1S/C8H9N3/c1-3-7-5-9-6-11-8(7)10-4-2/h3-6H,1-2H2,(H,9,10,11). The van der Waals surface area contributed by atoms with Gasteiger partial charge in [-0.2, -0.15) is 0 Å². The molecule has 56 valence electrons. The van der Waals surface area contributed by atoms with Crippen LogP contribution in [0.4, 0.5) is 5.82 Å². The van der Waals surface area contributed by atoms with E-state index in [0.29, 0.717) is 0 Å². The maximum atomic E-state index is 3.97. The first-order chi connectivity index (χ1) is 5.38. The first-order valence-electron chi connectivity index (χ1n) is 3.18. The second-order valence-electron chi connectivity index (χ2n) is 1.88. The zero-order valence-corrected chi connectivity index (χ0v) is 6.12. The monoisotopic (exact) mass is 147 g/mol. The van der Waals surface area contributed by atoms with Crippen molar-refractivity contribution in [1.82, 2.24) is 9.97 Å². The Labute approximate surface area is 65.5 Å². The summed E-state index contributed by atoms with van der Waals surface area (Å²) in [7, 11) is 0. The summed E-state index contributed by atoms with van der Waals surface area (Å²) in [6.07, 6.45) is 6.41. The van der Waals surface area contributed by atoms with Crippen molar-refractivity contribution in [2.75, 3.05) is 5.32 Å². The predicted octanol–water partition coefficient (Wildman–Crippen LogP) is 1.67. The van der Waals surface area contributed by atoms with Crippen molar-refractivity contribution in [3.05, 3.63) is 37.4 Å². The molecule has 0 unspecified atom stereocenters. The lowest BCUT2D eigenvalue weighted by atomic mass is 10.3. The van der Waals surface area contributed by atoms with Gasteiger partial charge in [-0.05, 0) is 6.20 Å². The molecular weight excluding hydrogens is 138 g/mol. The second kappa shape index (κ2) is 3.51. The molecule has 0 atom stereocenters. The molecule has 11 heavy (non-hydrogen) atoms. The summed E-state index contributed by atoms with van der Waals surface area (Å²) in [5.74, 6) is 0.727. The topological polar surface area (TPSA) is 37.8 Å². The maximum absolute atomic E-state index is 3.97. The quantitative estimate of drug-likeness (QED) is 0.706. The highest BCUT2D eigenvalue weighted by molar-refractivity contribution is 5.61. The van der Waals surface area contributed by atoms with Gasteiger partial charge in [0.15, 0.2) is 0 Å². The fraction of sp³-hybridized carbons (Fsp3) is 0. The van der Waals surface area contributed by atoms with Crippen LogP contribution < -0.4 is 5.32 Å². The van der Waals surface area contributed by atoms with Crippen LogP contribution in [0.1, 0.15) is 5.56 Å². The lowest BCUT2D eigenvalue weighted by Gasteiger charge is -2.00. The first-order valence-corrected chi connectivity index (χ1v) is 3.18. The Kier molecular flexibility index (Phi) is 2.38. The van der Waals surface area contributed by atoms with Crippen LogP contribution in [-0.2, 0) is 0 Å². The minimum atomic E-state index is 0.727. The number of nitrogens with zero attached hydrogens (tertiary/aromatic N) is 2. The van der Waals surface area contributed by atoms with Crippen molar-refractivity contribution in [3.8, 4) is 0 Å². The molecule has 0 amide bonds. The van der Waals surface area contributed by atoms with Crippen LogP contribution in [0.25, 0.3) is 6.08 Å². The van der Waals surface area contributed by atoms with Gasteiger partial charge in [-0.3, -0.25) is 0 Å². The SMILES string of the molecule is C=CNc1ncncc1C=C. The third-order valence-corrected chi connectivity index (χ3v) is 1.20. The Bertz CT molecular complexity index is 268. The van der Waals surface area contributed by atoms with Gasteiger partial charge < -0.3 is 5.32 Å². The first kappa shape index (κ1) is 7.47. The summed E-state index contributed by atoms with van der Waals surface area (Å²) >= 11 is 0. The minimum absolute atomic E-state index is 0.727. The van der Waals surface area contributed by atoms with E-state index in [4.69, 9.17) is 0 Å². The van der Waals surface area contributed by atoms with Gasteiger partial charge in [-0.25, -0.2) is 9.97 Å². The van der Waals surface area contributed by atoms with Crippen molar-refractivity contribution in [2.24, 2.45) is 0 Å². The van der Waals surface area contributed by atoms with Gasteiger partial charge in [-0.15, -0.1) is 0 Å². The average molecular weight is 147 g/mol. The number of hydrogen-bond donors (Lipinski definition) is 1. The molecule has 0 saturated carbocycles. The van der Waals surface area contributed by atoms with Crippen molar-refractivity contribution >= 4 is 11.9 Å². The zero-order valence-electron chi connectivity index (χ0n) is 6.12. The largest absolute Gasteiger partial charge is 0.347 e. The van der Waals surface area contributed by atoms with Crippen molar-refractivity contribution in [1.29, 1.82) is 0 Å². The van der Waals surface area contributed by atoms with Crippen LogP contribution in [0, 0.1) is 0 Å². The fourth-order valence-electron chi connectivity index (χ4n) is 0.707. The van der Waals surface area contributed by atoms with Crippen LogP contribution >= 0.6 is 0 Å². The Morgan fingerprint density at radius 2 is 2.27 bits per heavy atom. The van der Waals surface area contributed by atoms with Crippen LogP contribution in [0.3, 0.4) is 0 Å². The lowest BCUT2D eigenvalue weighted by molar-refractivity contribution is 1.16. The van der Waals surface area contributed by atoms with Gasteiger partial charge in [0.1, 0.15) is 12.1 Å². The molecule has 3 nitrogen and oxygen atoms in total. The molecule has 0 bridgehead atoms. The zero-order chi connectivity index (χ0) is 8.10. The molecular formula is C8H9N3. The van der Waals surface area contributed by atoms with Gasteiger partial charge in [0.2, 0.25) is 0 Å². The number of hydrogen-bond acceptors (Lipinski definition) is 3. The summed E-state index contributed by atoms with van der Waals surface area (Å²) in [5.41, 5.74) is 0.868. The highest BCUT2D eigenvalue weighted by Crippen LogP contribution is 2.09. The van der Waals surface area contributed by atoms with E-state index < -0.39 is 0 Å². The number of rotatable bonds is 3. The van der Waals surface area contributed by atoms with E-state index in [2.05, 4.69) is 28.4 Å². The molecule has 0 aliphatic heterocycles. The molecule has 0 aromatic carbocycles. The molecule has 1 N–H and O–H groups in total. The molecule has 0 fully saturated rings. The summed E-state index contributed by atoms with van der Waals surface area (Å²) in [4.78, 5) is 7.82. The molecule has 0 saturated heterocycles. The van der Waals surface area contributed by atoms with E-state index in [9.17, 15) is 0 Å². The van der Waals surface area contributed by atoms with Crippen LogP contribution in [-0.4, -0.2) is 9.97 Å². The van der Waals surface area contributed by atoms with Gasteiger partial charge >= 0.3 is 0 Å². The number of nitrogens with one attached hydrogen (secondary N) is 1. The molecule has 0 spiro atoms. The van der Waals surface area contributed by atoms with E-state index in [1.807, 2.05) is 0 Å². The van der Waals surface area contributed by atoms with Gasteiger partial charge in [0.05, 0.1) is 0 Å². The summed E-state index contributed by atoms with van der Waals surface area (Å²) in [5, 5.41) is 2.87. The Hall–Kier alpha value is -1.64. The molecule has 0 aliphatic rings. The molecule has 1 heterocycles. The van der Waals surface area contributed by atoms with E-state index in [0.717, 1.165) is 11.4 Å². The third-order valence-electron chi connectivity index (χ3n) is 1.20. The summed E-state index contributed by atoms with van der Waals surface area (Å²) in [6.45, 7) is 7.15. The Morgan fingerprint density at radius 1 is 1.45 bits per heavy atom. The molecule has 1 aromatic rings. The molecule has 0 aliphatic carbocycles. The van der Waals surface area contributed by atoms with E-state index in [1.165, 1.54) is 6.33 Å². The number of aromatic nitrogens is 2. The molecule has 1 aromatic heterocycles. The Balaban J connectivity index is 3.01. The van der Waals surface area contributed by atoms with E-state index >= 15 is 0 Å². The van der Waals surface area contributed by atoms with Crippen LogP contribution in [0.15, 0.2) is 31.9 Å². The second-order valence-corrected chi connectivity index (χ2v) is 1.88. The highest BCUT2D eigenvalue weighted by atomic mass is 15.0. The lowest BCUT2D eigenvalue weighted by Crippen LogP contribution is -1.93. The Morgan fingerprint density at radius 3 is 2.91 bits per heavy atom. The summed E-state index contributed by atoms with van der Waals surface area (Å²) < 4.78 is 0. The van der Waals surface area contributed by atoms with Crippen LogP contribution in [0.2, 0.25) is 0 Å². The smallest absolute Gasteiger partial charge is 0.140 e. The van der Waals surface area contributed by atoms with Crippen molar-refractivity contribution in [3.63, 3.8) is 0 Å². The van der Waals surface area contributed by atoms with E-state index in [1.54, 1.807) is 18.5 Å². The summed E-state index contributed by atoms with van der Waals surface area (Å²) in [6, 6.07) is 0. The van der Waals surface area contributed by atoms with Crippen molar-refractivity contribution in [2.45, 2.75) is 0 Å². The number of anilines is 1. The fourth-order valence-corrected chi connectivity index (χ4v) is 0.707. The third kappa shape index (κ3) is 1.64. The van der Waals surface area contributed by atoms with Gasteiger partial charge in [-0.1, -0.05) is 19.2 Å². The molecule has 3 heteroatoms. The average Bonchev–Trinajstić information content (AvgIpc) is 2.06. The molecule has 0 radical (unpaired) electrons. The normalized spacial score (nSPS) is 8.73.